The number of hydrogen-bond acceptors (Lipinski definition) is 4. The average molecular weight is 304 g/mol. The number of aliphatic hydroxyl groups excluding tert-OH is 1. The minimum Gasteiger partial charge on any atom is -0.478 e. The zero-order valence-electron chi connectivity index (χ0n) is 12.1. The van der Waals surface area contributed by atoms with Gasteiger partial charge in [0.25, 0.3) is 5.91 Å². The summed E-state index contributed by atoms with van der Waals surface area (Å²) in [6.07, 6.45) is 0.505. The summed E-state index contributed by atoms with van der Waals surface area (Å²) in [4.78, 5) is 15.9. The van der Waals surface area contributed by atoms with Crippen LogP contribution in [0.15, 0.2) is 42.6 Å². The molecule has 0 unspecified atom stereocenters. The Balaban J connectivity index is 1.90. The number of hydrogen-bond donors (Lipinski definition) is 2. The van der Waals surface area contributed by atoms with E-state index in [1.54, 1.807) is 12.1 Å². The van der Waals surface area contributed by atoms with E-state index in [2.05, 4.69) is 10.3 Å². The van der Waals surface area contributed by atoms with Gasteiger partial charge >= 0.3 is 0 Å². The van der Waals surface area contributed by atoms with Crippen LogP contribution in [0.3, 0.4) is 0 Å². The smallest absolute Gasteiger partial charge is 0.252 e. The molecule has 1 amide bonds. The maximum atomic E-state index is 12.8. The molecule has 2 rings (SSSR count). The van der Waals surface area contributed by atoms with Gasteiger partial charge in [-0.2, -0.15) is 0 Å². The number of nitrogens with zero attached hydrogens (tertiary/aromatic N) is 1. The molecule has 116 valence electrons. The van der Waals surface area contributed by atoms with Crippen LogP contribution in [0.2, 0.25) is 0 Å². The molecule has 0 saturated carbocycles. The van der Waals surface area contributed by atoms with Gasteiger partial charge in [0.05, 0.1) is 18.3 Å². The van der Waals surface area contributed by atoms with E-state index in [1.807, 2.05) is 6.92 Å². The van der Waals surface area contributed by atoms with Gasteiger partial charge in [0.2, 0.25) is 5.88 Å². The third-order valence-corrected chi connectivity index (χ3v) is 3.00. The maximum absolute atomic E-state index is 12.8. The van der Waals surface area contributed by atoms with Crippen molar-refractivity contribution in [2.24, 2.45) is 0 Å². The summed E-state index contributed by atoms with van der Waals surface area (Å²) >= 11 is 0. The highest BCUT2D eigenvalue weighted by Gasteiger charge is 2.11. The Labute approximate surface area is 127 Å². The van der Waals surface area contributed by atoms with Crippen LogP contribution < -0.4 is 10.1 Å². The quantitative estimate of drug-likeness (QED) is 0.857. The number of benzene rings is 1. The van der Waals surface area contributed by atoms with E-state index in [0.29, 0.717) is 23.6 Å². The van der Waals surface area contributed by atoms with E-state index < -0.39 is 6.10 Å². The number of carbonyl (C=O) groups is 1. The minimum absolute atomic E-state index is 0.0255. The van der Waals surface area contributed by atoms with Gasteiger partial charge in [-0.05, 0) is 30.7 Å². The molecule has 0 bridgehead atoms. The van der Waals surface area contributed by atoms with Crippen LogP contribution in [0.1, 0.15) is 28.9 Å². The number of halogens is 1. The molecule has 2 aromatic rings. The van der Waals surface area contributed by atoms with E-state index in [4.69, 9.17) is 4.74 Å². The third kappa shape index (κ3) is 4.26. The normalized spacial score (nSPS) is 11.8. The highest BCUT2D eigenvalue weighted by Crippen LogP contribution is 2.13. The Morgan fingerprint density at radius 2 is 2.05 bits per heavy atom. The molecule has 1 aromatic carbocycles. The molecule has 22 heavy (non-hydrogen) atoms. The number of ether oxygens (including phenoxy) is 1. The van der Waals surface area contributed by atoms with Gasteiger partial charge in [-0.3, -0.25) is 4.79 Å². The van der Waals surface area contributed by atoms with Crippen LogP contribution in [0.5, 0.6) is 5.88 Å². The first-order valence-corrected chi connectivity index (χ1v) is 6.90. The van der Waals surface area contributed by atoms with Crippen LogP contribution in [0, 0.1) is 5.82 Å². The number of rotatable bonds is 6. The predicted octanol–water partition coefficient (Wildman–Crippen LogP) is 2.08. The molecule has 0 radical (unpaired) electrons. The van der Waals surface area contributed by atoms with Crippen molar-refractivity contribution in [1.29, 1.82) is 0 Å². The molecule has 6 heteroatoms. The van der Waals surface area contributed by atoms with Crippen molar-refractivity contribution in [3.63, 3.8) is 0 Å². The first kappa shape index (κ1) is 15.9. The SMILES string of the molecule is CCOc1ccc(C(=O)NC[C@@H](O)c2ccc(F)cc2)cn1. The lowest BCUT2D eigenvalue weighted by Crippen LogP contribution is -2.28. The molecule has 1 heterocycles. The van der Waals surface area contributed by atoms with Crippen molar-refractivity contribution >= 4 is 5.91 Å². The molecule has 1 aromatic heterocycles. The maximum Gasteiger partial charge on any atom is 0.252 e. The average Bonchev–Trinajstić information content (AvgIpc) is 2.54. The number of nitrogens with one attached hydrogen (secondary N) is 1. The zero-order valence-corrected chi connectivity index (χ0v) is 12.1. The Morgan fingerprint density at radius 3 is 2.64 bits per heavy atom. The van der Waals surface area contributed by atoms with Gasteiger partial charge in [0.15, 0.2) is 0 Å². The fourth-order valence-electron chi connectivity index (χ4n) is 1.84. The Morgan fingerprint density at radius 1 is 1.32 bits per heavy atom. The highest BCUT2D eigenvalue weighted by molar-refractivity contribution is 5.93. The molecule has 0 aliphatic carbocycles. The van der Waals surface area contributed by atoms with Gasteiger partial charge in [-0.15, -0.1) is 0 Å². The lowest BCUT2D eigenvalue weighted by Gasteiger charge is -2.12. The second kappa shape index (κ2) is 7.51. The summed E-state index contributed by atoms with van der Waals surface area (Å²) in [7, 11) is 0. The molecule has 2 N–H and O–H groups in total. The number of aliphatic hydroxyl groups is 1. The Bertz CT molecular complexity index is 614. The van der Waals surface area contributed by atoms with Gasteiger partial charge in [-0.25, -0.2) is 9.37 Å². The topological polar surface area (TPSA) is 71.5 Å². The molecule has 0 aliphatic rings. The van der Waals surface area contributed by atoms with E-state index in [1.165, 1.54) is 30.5 Å². The molecule has 5 nitrogen and oxygen atoms in total. The fourth-order valence-corrected chi connectivity index (χ4v) is 1.84. The largest absolute Gasteiger partial charge is 0.478 e. The van der Waals surface area contributed by atoms with E-state index in [9.17, 15) is 14.3 Å². The van der Waals surface area contributed by atoms with E-state index in [-0.39, 0.29) is 18.3 Å². The highest BCUT2D eigenvalue weighted by atomic mass is 19.1. The summed E-state index contributed by atoms with van der Waals surface area (Å²) in [5, 5.41) is 12.5. The van der Waals surface area contributed by atoms with Gasteiger partial charge in [0, 0.05) is 18.8 Å². The van der Waals surface area contributed by atoms with Crippen molar-refractivity contribution in [3.05, 3.63) is 59.5 Å². The van der Waals surface area contributed by atoms with Crippen molar-refractivity contribution in [1.82, 2.24) is 10.3 Å². The first-order valence-electron chi connectivity index (χ1n) is 6.90. The van der Waals surface area contributed by atoms with E-state index >= 15 is 0 Å². The summed E-state index contributed by atoms with van der Waals surface area (Å²) in [6, 6.07) is 8.68. The van der Waals surface area contributed by atoms with Crippen LogP contribution in [-0.4, -0.2) is 29.1 Å². The van der Waals surface area contributed by atoms with Crippen molar-refractivity contribution in [2.75, 3.05) is 13.2 Å². The third-order valence-electron chi connectivity index (χ3n) is 3.00. The molecule has 0 spiro atoms. The lowest BCUT2D eigenvalue weighted by atomic mass is 10.1. The standard InChI is InChI=1S/C16H17FN2O3/c1-2-22-15-8-5-12(9-18-15)16(21)19-10-14(20)11-3-6-13(17)7-4-11/h3-9,14,20H,2,10H2,1H3,(H,19,21)/t14-/m1/s1. The summed E-state index contributed by atoms with van der Waals surface area (Å²) in [5.74, 6) is -0.275. The molecule has 0 saturated heterocycles. The lowest BCUT2D eigenvalue weighted by molar-refractivity contribution is 0.0916. The number of amides is 1. The first-order chi connectivity index (χ1) is 10.6. The fraction of sp³-hybridized carbons (Fsp3) is 0.250. The number of pyridine rings is 1. The summed E-state index contributed by atoms with van der Waals surface area (Å²) in [5.41, 5.74) is 0.904. The van der Waals surface area contributed by atoms with Crippen molar-refractivity contribution in [3.8, 4) is 5.88 Å². The van der Waals surface area contributed by atoms with Gasteiger partial charge in [-0.1, -0.05) is 12.1 Å². The number of aromatic nitrogens is 1. The van der Waals surface area contributed by atoms with Crippen LogP contribution in [-0.2, 0) is 0 Å². The van der Waals surface area contributed by atoms with Crippen molar-refractivity contribution < 1.29 is 19.0 Å². The zero-order chi connectivity index (χ0) is 15.9. The molecule has 0 fully saturated rings. The molecule has 0 aliphatic heterocycles. The Hall–Kier alpha value is -2.47. The predicted molar refractivity (Wildman–Crippen MR) is 79.1 cm³/mol. The Kier molecular flexibility index (Phi) is 5.43. The second-order valence-corrected chi connectivity index (χ2v) is 4.60. The summed E-state index contributed by atoms with van der Waals surface area (Å²) < 4.78 is 18.0. The van der Waals surface area contributed by atoms with Crippen LogP contribution in [0.4, 0.5) is 4.39 Å². The van der Waals surface area contributed by atoms with E-state index in [0.717, 1.165) is 0 Å². The summed E-state index contributed by atoms with van der Waals surface area (Å²) in [6.45, 7) is 2.37. The van der Waals surface area contributed by atoms with Gasteiger partial charge in [0.1, 0.15) is 5.82 Å². The van der Waals surface area contributed by atoms with Crippen molar-refractivity contribution in [2.45, 2.75) is 13.0 Å². The van der Waals surface area contributed by atoms with Crippen LogP contribution in [0.25, 0.3) is 0 Å². The van der Waals surface area contributed by atoms with Gasteiger partial charge < -0.3 is 15.2 Å². The van der Waals surface area contributed by atoms with Crippen LogP contribution >= 0.6 is 0 Å². The minimum atomic E-state index is -0.903. The molecule has 1 atom stereocenters. The monoisotopic (exact) mass is 304 g/mol. The molecular formula is C16H17FN2O3. The second-order valence-electron chi connectivity index (χ2n) is 4.60. The number of carbonyl (C=O) groups excluding carboxylic acids is 1. The molecular weight excluding hydrogens is 287 g/mol.